The minimum atomic E-state index is 0.384. The molecule has 0 bridgehead atoms. The van der Waals surface area contributed by atoms with Gasteiger partial charge in [0, 0.05) is 15.8 Å². The number of aliphatic hydroxyl groups excluding tert-OH is 1. The van der Waals surface area contributed by atoms with Gasteiger partial charge in [-0.15, -0.1) is 0 Å². The van der Waals surface area contributed by atoms with E-state index in [2.05, 4.69) is 27.1 Å². The van der Waals surface area contributed by atoms with Crippen molar-refractivity contribution in [2.24, 2.45) is 0 Å². The lowest BCUT2D eigenvalue weighted by Crippen LogP contribution is -2.16. The van der Waals surface area contributed by atoms with E-state index in [0.29, 0.717) is 43.5 Å². The van der Waals surface area contributed by atoms with Crippen molar-refractivity contribution in [2.45, 2.75) is 13.8 Å². The topological polar surface area (TPSA) is 109 Å². The fourth-order valence-electron chi connectivity index (χ4n) is 2.69. The molecule has 2 heterocycles. The maximum absolute atomic E-state index is 9.52. The number of hydrogen-bond acceptors (Lipinski definition) is 5. The van der Waals surface area contributed by atoms with Crippen LogP contribution < -0.4 is 10.4 Å². The first-order chi connectivity index (χ1) is 11.1. The quantitative estimate of drug-likeness (QED) is 0.537. The third kappa shape index (κ3) is 2.16. The van der Waals surface area contributed by atoms with E-state index in [9.17, 15) is 10.4 Å². The van der Waals surface area contributed by atoms with Crippen molar-refractivity contribution < 1.29 is 5.11 Å². The Kier molecular flexibility index (Phi) is 3.41. The molecule has 0 aliphatic rings. The van der Waals surface area contributed by atoms with Crippen LogP contribution in [0.3, 0.4) is 0 Å². The number of aromatic nitrogens is 3. The van der Waals surface area contributed by atoms with Gasteiger partial charge in [0.15, 0.2) is 0 Å². The second-order valence-electron chi connectivity index (χ2n) is 5.15. The Labute approximate surface area is 130 Å². The molecule has 1 aromatic carbocycles. The molecule has 0 unspecified atom stereocenters. The Morgan fingerprint density at radius 3 is 2.74 bits per heavy atom. The number of nitrogens with one attached hydrogen (secondary N) is 2. The van der Waals surface area contributed by atoms with Crippen molar-refractivity contribution in [3.05, 3.63) is 56.2 Å². The van der Waals surface area contributed by atoms with Crippen molar-refractivity contribution in [3.8, 4) is 6.07 Å². The zero-order valence-corrected chi connectivity index (χ0v) is 12.6. The summed E-state index contributed by atoms with van der Waals surface area (Å²) in [6.07, 6.45) is 1.01. The number of hydrogen-bond donors (Lipinski definition) is 3. The van der Waals surface area contributed by atoms with Crippen LogP contribution in [0, 0.1) is 41.2 Å². The minimum absolute atomic E-state index is 0.384. The Balaban J connectivity index is 2.82. The summed E-state index contributed by atoms with van der Waals surface area (Å²) in [5, 5.41) is 36.5. The van der Waals surface area contributed by atoms with Crippen LogP contribution in [0.4, 0.5) is 0 Å². The van der Waals surface area contributed by atoms with Gasteiger partial charge in [0.2, 0.25) is 0 Å². The van der Waals surface area contributed by atoms with Crippen molar-refractivity contribution >= 4 is 23.0 Å². The van der Waals surface area contributed by atoms with Crippen LogP contribution in [-0.4, -0.2) is 26.2 Å². The number of rotatable bonds is 0. The fraction of sp³-hybridized carbons (Fsp3) is 0.118. The molecule has 112 valence electrons. The number of aryl methyl sites for hydroxylation is 2. The van der Waals surface area contributed by atoms with Gasteiger partial charge in [-0.25, -0.2) is 0 Å². The Morgan fingerprint density at radius 2 is 2.09 bits per heavy atom. The van der Waals surface area contributed by atoms with Gasteiger partial charge in [-0.2, -0.15) is 10.4 Å². The molecule has 0 fully saturated rings. The van der Waals surface area contributed by atoms with Crippen molar-refractivity contribution in [1.29, 1.82) is 10.7 Å². The van der Waals surface area contributed by atoms with Crippen LogP contribution in [-0.2, 0) is 0 Å². The molecule has 0 aliphatic carbocycles. The first-order valence-corrected chi connectivity index (χ1v) is 6.90. The van der Waals surface area contributed by atoms with Crippen LogP contribution in [0.5, 0.6) is 0 Å². The van der Waals surface area contributed by atoms with Crippen LogP contribution >= 0.6 is 0 Å². The minimum Gasteiger partial charge on any atom is -0.515 e. The van der Waals surface area contributed by atoms with Gasteiger partial charge in [0.1, 0.15) is 6.07 Å². The molecule has 0 amide bonds. The number of aromatic amines is 1. The zero-order valence-electron chi connectivity index (χ0n) is 12.6. The lowest BCUT2D eigenvalue weighted by atomic mass is 10.1. The van der Waals surface area contributed by atoms with Crippen LogP contribution in [0.1, 0.15) is 17.0 Å². The van der Waals surface area contributed by atoms with Gasteiger partial charge in [0.05, 0.1) is 39.3 Å². The SMILES string of the molecule is Cc1nc(C)c(=C=N)c(=c2[nH]nc3ccc(=CO)cc23)c1C#N. The molecular weight excluding hydrogens is 290 g/mol. The van der Waals surface area contributed by atoms with E-state index >= 15 is 0 Å². The number of H-pyrrole nitrogens is 1. The monoisotopic (exact) mass is 303 g/mol. The molecule has 0 saturated heterocycles. The van der Waals surface area contributed by atoms with Gasteiger partial charge < -0.3 is 5.11 Å². The summed E-state index contributed by atoms with van der Waals surface area (Å²) in [6.45, 7) is 3.54. The Hall–Kier alpha value is -3.42. The third-order valence-corrected chi connectivity index (χ3v) is 3.77. The van der Waals surface area contributed by atoms with Gasteiger partial charge in [0.25, 0.3) is 0 Å². The number of nitrogens with zero attached hydrogens (tertiary/aromatic N) is 3. The van der Waals surface area contributed by atoms with Gasteiger partial charge in [-0.3, -0.25) is 15.5 Å². The van der Waals surface area contributed by atoms with Crippen LogP contribution in [0.2, 0.25) is 0 Å². The van der Waals surface area contributed by atoms with E-state index in [-0.39, 0.29) is 0 Å². The standard InChI is InChI=1S/C17H13N5O/c1-9-13(6-18)16(14(7-19)10(2)20-9)17-12-5-11(8-23)3-4-15(12)21-22-17/h3-5,8,18,22-23H,1-2H3. The Morgan fingerprint density at radius 1 is 1.30 bits per heavy atom. The Bertz CT molecular complexity index is 1210. The first kappa shape index (κ1) is 14.5. The molecule has 23 heavy (non-hydrogen) atoms. The number of pyridine rings is 1. The van der Waals surface area contributed by atoms with E-state index < -0.39 is 0 Å². The molecule has 6 nitrogen and oxygen atoms in total. The van der Waals surface area contributed by atoms with Crippen LogP contribution in [0.15, 0.2) is 18.2 Å². The molecule has 0 saturated carbocycles. The van der Waals surface area contributed by atoms with E-state index in [1.165, 1.54) is 0 Å². The number of fused-ring (bicyclic) bond motifs is 1. The second kappa shape index (κ2) is 5.41. The number of benzene rings is 1. The molecule has 0 radical (unpaired) electrons. The second-order valence-corrected chi connectivity index (χ2v) is 5.15. The normalized spacial score (nSPS) is 13.0. The highest BCUT2D eigenvalue weighted by molar-refractivity contribution is 5.79. The lowest BCUT2D eigenvalue weighted by molar-refractivity contribution is 0.540. The van der Waals surface area contributed by atoms with E-state index in [0.717, 1.165) is 11.6 Å². The predicted octanol–water partition coefficient (Wildman–Crippen LogP) is 0.949. The van der Waals surface area contributed by atoms with Crippen molar-refractivity contribution in [3.63, 3.8) is 0 Å². The summed E-state index contributed by atoms with van der Waals surface area (Å²) in [5.41, 5.74) is 2.30. The van der Waals surface area contributed by atoms with Crippen molar-refractivity contribution in [2.75, 3.05) is 0 Å². The average Bonchev–Trinajstić information content (AvgIpc) is 2.96. The van der Waals surface area contributed by atoms with Gasteiger partial charge >= 0.3 is 0 Å². The molecule has 0 spiro atoms. The maximum atomic E-state index is 9.52. The first-order valence-electron chi connectivity index (χ1n) is 6.90. The molecule has 3 aromatic rings. The summed E-state index contributed by atoms with van der Waals surface area (Å²) < 4.78 is 0. The average molecular weight is 303 g/mol. The molecule has 3 N–H and O–H groups in total. The van der Waals surface area contributed by atoms with E-state index in [4.69, 9.17) is 5.41 Å². The molecule has 0 atom stereocenters. The van der Waals surface area contributed by atoms with E-state index in [1.54, 1.807) is 32.0 Å². The summed E-state index contributed by atoms with van der Waals surface area (Å²) in [5.74, 6) is 2.38. The largest absolute Gasteiger partial charge is 0.515 e. The number of aliphatic hydroxyl groups is 1. The van der Waals surface area contributed by atoms with Gasteiger partial charge in [-0.05, 0) is 37.9 Å². The third-order valence-electron chi connectivity index (χ3n) is 3.77. The van der Waals surface area contributed by atoms with Crippen molar-refractivity contribution in [1.82, 2.24) is 15.2 Å². The van der Waals surface area contributed by atoms with Gasteiger partial charge in [-0.1, -0.05) is 0 Å². The molecule has 6 heteroatoms. The fourth-order valence-corrected chi connectivity index (χ4v) is 2.69. The maximum Gasteiger partial charge on any atom is 0.102 e. The molecular formula is C17H13N5O. The van der Waals surface area contributed by atoms with E-state index in [1.807, 2.05) is 0 Å². The highest BCUT2D eigenvalue weighted by atomic mass is 16.2. The number of nitriles is 1. The predicted molar refractivity (Wildman–Crippen MR) is 85.4 cm³/mol. The highest BCUT2D eigenvalue weighted by Crippen LogP contribution is 2.12. The zero-order chi connectivity index (χ0) is 16.6. The van der Waals surface area contributed by atoms with Crippen LogP contribution in [0.25, 0.3) is 17.2 Å². The summed E-state index contributed by atoms with van der Waals surface area (Å²) >= 11 is 0. The summed E-state index contributed by atoms with van der Waals surface area (Å²) in [4.78, 5) is 4.31. The smallest absolute Gasteiger partial charge is 0.102 e. The molecule has 2 aromatic heterocycles. The summed E-state index contributed by atoms with van der Waals surface area (Å²) in [7, 11) is 0. The summed E-state index contributed by atoms with van der Waals surface area (Å²) in [6, 6.07) is 7.45. The highest BCUT2D eigenvalue weighted by Gasteiger charge is 2.09. The molecule has 0 aliphatic heterocycles. The lowest BCUT2D eigenvalue weighted by Gasteiger charge is -2.01. The molecule has 3 rings (SSSR count).